The maximum atomic E-state index is 12.6. The Morgan fingerprint density at radius 3 is 2.64 bits per heavy atom. The maximum absolute atomic E-state index is 12.6. The molecule has 1 aliphatic rings. The summed E-state index contributed by atoms with van der Waals surface area (Å²) in [5.74, 6) is 0.528. The number of aromatic nitrogens is 3. The zero-order valence-corrected chi connectivity index (χ0v) is 15.7. The van der Waals surface area contributed by atoms with Crippen molar-refractivity contribution in [2.45, 2.75) is 5.75 Å². The first-order valence-electron chi connectivity index (χ1n) is 8.86. The number of rotatable bonds is 4. The Morgan fingerprint density at radius 1 is 1.04 bits per heavy atom. The minimum Gasteiger partial charge on any atom is -0.450 e. The number of nitrogens with zero attached hydrogens (tertiary/aromatic N) is 5. The summed E-state index contributed by atoms with van der Waals surface area (Å²) in [6, 6.07) is 9.28. The van der Waals surface area contributed by atoms with E-state index in [1.807, 2.05) is 29.2 Å². The first kappa shape index (κ1) is 17.1. The van der Waals surface area contributed by atoms with Crippen LogP contribution >= 0.6 is 0 Å². The van der Waals surface area contributed by atoms with E-state index in [1.165, 1.54) is 16.9 Å². The van der Waals surface area contributed by atoms with E-state index >= 15 is 0 Å². The number of para-hydroxylation sites is 1. The van der Waals surface area contributed by atoms with Gasteiger partial charge in [0.25, 0.3) is 0 Å². The molecule has 1 fully saturated rings. The molecule has 1 aromatic carbocycles. The summed E-state index contributed by atoms with van der Waals surface area (Å²) < 4.78 is 37.4. The third-order valence-corrected chi connectivity index (χ3v) is 6.70. The van der Waals surface area contributed by atoms with Gasteiger partial charge in [-0.3, -0.25) is 0 Å². The standard InChI is InChI=1S/C18H17N5O4S/c24-28(25,11-13-5-10-26-21-13)23-8-6-22(7-9-23)18-17-16(19-12-20-18)14-3-1-2-4-15(14)27-17/h1-5,10,12H,6-9,11H2. The van der Waals surface area contributed by atoms with Crippen molar-refractivity contribution < 1.29 is 17.4 Å². The minimum absolute atomic E-state index is 0.162. The zero-order valence-electron chi connectivity index (χ0n) is 14.9. The average molecular weight is 399 g/mol. The van der Waals surface area contributed by atoms with E-state index in [0.717, 1.165) is 16.5 Å². The van der Waals surface area contributed by atoms with Crippen LogP contribution in [0, 0.1) is 0 Å². The highest BCUT2D eigenvalue weighted by atomic mass is 32.2. The molecule has 0 radical (unpaired) electrons. The van der Waals surface area contributed by atoms with Gasteiger partial charge in [0, 0.05) is 37.6 Å². The molecule has 1 saturated heterocycles. The van der Waals surface area contributed by atoms with Crippen LogP contribution in [0.2, 0.25) is 0 Å². The van der Waals surface area contributed by atoms with Crippen molar-refractivity contribution in [3.05, 3.63) is 48.6 Å². The van der Waals surface area contributed by atoms with Crippen molar-refractivity contribution in [2.24, 2.45) is 0 Å². The molecule has 0 unspecified atom stereocenters. The fraction of sp³-hybridized carbons (Fsp3) is 0.278. The monoisotopic (exact) mass is 399 g/mol. The van der Waals surface area contributed by atoms with E-state index in [4.69, 9.17) is 8.94 Å². The summed E-state index contributed by atoms with van der Waals surface area (Å²) in [5, 5.41) is 4.63. The summed E-state index contributed by atoms with van der Waals surface area (Å²) >= 11 is 0. The van der Waals surface area contributed by atoms with Crippen molar-refractivity contribution in [1.82, 2.24) is 19.4 Å². The lowest BCUT2D eigenvalue weighted by Gasteiger charge is -2.34. The second kappa shape index (κ2) is 6.57. The van der Waals surface area contributed by atoms with Crippen LogP contribution in [-0.4, -0.2) is 54.0 Å². The predicted molar refractivity (Wildman–Crippen MR) is 102 cm³/mol. The lowest BCUT2D eigenvalue weighted by atomic mass is 10.2. The average Bonchev–Trinajstić information content (AvgIpc) is 3.35. The number of furan rings is 1. The topological polar surface area (TPSA) is 106 Å². The molecular formula is C18H17N5O4S. The first-order valence-corrected chi connectivity index (χ1v) is 10.5. The normalized spacial score (nSPS) is 16.2. The summed E-state index contributed by atoms with van der Waals surface area (Å²) in [6.45, 7) is 1.76. The molecule has 0 bridgehead atoms. The van der Waals surface area contributed by atoms with Crippen LogP contribution in [0.3, 0.4) is 0 Å². The lowest BCUT2D eigenvalue weighted by Crippen LogP contribution is -2.49. The van der Waals surface area contributed by atoms with Gasteiger partial charge < -0.3 is 13.8 Å². The van der Waals surface area contributed by atoms with E-state index in [2.05, 4.69) is 15.1 Å². The molecule has 3 aromatic heterocycles. The number of anilines is 1. The molecule has 0 atom stereocenters. The summed E-state index contributed by atoms with van der Waals surface area (Å²) in [7, 11) is -3.45. The Bertz CT molecular complexity index is 1230. The molecule has 0 aliphatic carbocycles. The van der Waals surface area contributed by atoms with Crippen molar-refractivity contribution in [3.8, 4) is 0 Å². The van der Waals surface area contributed by atoms with Gasteiger partial charge in [0.1, 0.15) is 29.4 Å². The van der Waals surface area contributed by atoms with Crippen molar-refractivity contribution in [2.75, 3.05) is 31.1 Å². The molecule has 1 aliphatic heterocycles. The Morgan fingerprint density at radius 2 is 1.86 bits per heavy atom. The van der Waals surface area contributed by atoms with Crippen LogP contribution in [0.4, 0.5) is 5.82 Å². The molecule has 0 saturated carbocycles. The maximum Gasteiger partial charge on any atom is 0.220 e. The molecule has 144 valence electrons. The lowest BCUT2D eigenvalue weighted by molar-refractivity contribution is 0.380. The molecule has 10 heteroatoms. The number of hydrogen-bond acceptors (Lipinski definition) is 8. The zero-order chi connectivity index (χ0) is 19.1. The Labute approximate surface area is 160 Å². The predicted octanol–water partition coefficient (Wildman–Crippen LogP) is 2.02. The molecule has 9 nitrogen and oxygen atoms in total. The molecule has 0 spiro atoms. The van der Waals surface area contributed by atoms with Crippen LogP contribution in [-0.2, 0) is 15.8 Å². The summed E-state index contributed by atoms with van der Waals surface area (Å²) in [6.07, 6.45) is 2.89. The molecule has 4 heterocycles. The Kier molecular flexibility index (Phi) is 4.02. The van der Waals surface area contributed by atoms with E-state index in [1.54, 1.807) is 6.07 Å². The van der Waals surface area contributed by atoms with Crippen molar-refractivity contribution >= 4 is 37.9 Å². The Balaban J connectivity index is 1.38. The number of benzene rings is 1. The smallest absolute Gasteiger partial charge is 0.220 e. The third kappa shape index (κ3) is 2.90. The molecule has 0 N–H and O–H groups in total. The summed E-state index contributed by atoms with van der Waals surface area (Å²) in [5.41, 5.74) is 2.56. The van der Waals surface area contributed by atoms with E-state index in [9.17, 15) is 8.42 Å². The SMILES string of the molecule is O=S(=O)(Cc1ccon1)N1CCN(c2ncnc3c2oc2ccccc23)CC1. The van der Waals surface area contributed by atoms with E-state index in [-0.39, 0.29) is 5.75 Å². The van der Waals surface area contributed by atoms with Crippen LogP contribution in [0.25, 0.3) is 22.1 Å². The van der Waals surface area contributed by atoms with Crippen LogP contribution < -0.4 is 4.90 Å². The van der Waals surface area contributed by atoms with Gasteiger partial charge in [0.15, 0.2) is 11.4 Å². The first-order chi connectivity index (χ1) is 13.6. The van der Waals surface area contributed by atoms with Crippen LogP contribution in [0.5, 0.6) is 0 Å². The summed E-state index contributed by atoms with van der Waals surface area (Å²) in [4.78, 5) is 10.8. The molecule has 4 aromatic rings. The fourth-order valence-corrected chi connectivity index (χ4v) is 4.93. The Hall–Kier alpha value is -2.98. The third-order valence-electron chi connectivity index (χ3n) is 4.89. The largest absolute Gasteiger partial charge is 0.450 e. The molecule has 28 heavy (non-hydrogen) atoms. The van der Waals surface area contributed by atoms with Gasteiger partial charge in [-0.25, -0.2) is 18.4 Å². The number of fused-ring (bicyclic) bond motifs is 3. The fourth-order valence-electron chi connectivity index (χ4n) is 3.51. The van der Waals surface area contributed by atoms with Gasteiger partial charge in [-0.2, -0.15) is 4.31 Å². The van der Waals surface area contributed by atoms with Crippen LogP contribution in [0.15, 0.2) is 51.9 Å². The minimum atomic E-state index is -3.45. The number of sulfonamides is 1. The highest BCUT2D eigenvalue weighted by Crippen LogP contribution is 2.32. The van der Waals surface area contributed by atoms with Gasteiger partial charge in [0.2, 0.25) is 10.0 Å². The van der Waals surface area contributed by atoms with Gasteiger partial charge in [-0.15, -0.1) is 0 Å². The van der Waals surface area contributed by atoms with Gasteiger partial charge in [0.05, 0.1) is 5.69 Å². The quantitative estimate of drug-likeness (QED) is 0.513. The van der Waals surface area contributed by atoms with E-state index < -0.39 is 10.0 Å². The number of piperazine rings is 1. The molecule has 0 amide bonds. The second-order valence-corrected chi connectivity index (χ2v) is 8.58. The van der Waals surface area contributed by atoms with Crippen molar-refractivity contribution in [1.29, 1.82) is 0 Å². The second-order valence-electron chi connectivity index (χ2n) is 6.61. The van der Waals surface area contributed by atoms with Gasteiger partial charge in [-0.1, -0.05) is 17.3 Å². The molecule has 5 rings (SSSR count). The highest BCUT2D eigenvalue weighted by Gasteiger charge is 2.29. The number of hydrogen-bond donors (Lipinski definition) is 0. The van der Waals surface area contributed by atoms with Gasteiger partial charge >= 0.3 is 0 Å². The van der Waals surface area contributed by atoms with Crippen molar-refractivity contribution in [3.63, 3.8) is 0 Å². The van der Waals surface area contributed by atoms with E-state index in [0.29, 0.717) is 43.3 Å². The highest BCUT2D eigenvalue weighted by molar-refractivity contribution is 7.88. The molecular weight excluding hydrogens is 382 g/mol. The van der Waals surface area contributed by atoms with Crippen LogP contribution in [0.1, 0.15) is 5.69 Å². The van der Waals surface area contributed by atoms with Gasteiger partial charge in [-0.05, 0) is 12.1 Å².